The number of rotatable bonds is 4. The van der Waals surface area contributed by atoms with Crippen molar-refractivity contribution in [1.82, 2.24) is 0 Å². The summed E-state index contributed by atoms with van der Waals surface area (Å²) in [4.78, 5) is 0. The first-order chi connectivity index (χ1) is 6.66. The summed E-state index contributed by atoms with van der Waals surface area (Å²) in [6.07, 6.45) is -0.753. The van der Waals surface area contributed by atoms with Crippen LogP contribution in [-0.2, 0) is 6.42 Å². The van der Waals surface area contributed by atoms with Gasteiger partial charge in [-0.2, -0.15) is 0 Å². The maximum atomic E-state index is 12.7. The lowest BCUT2D eigenvalue weighted by molar-refractivity contribution is 0.149. The SMILES string of the molecule is Cc1cccc(CCCBr)c1C(F)F. The van der Waals surface area contributed by atoms with Gasteiger partial charge in [0.05, 0.1) is 0 Å². The van der Waals surface area contributed by atoms with E-state index in [0.29, 0.717) is 12.0 Å². The molecule has 0 unspecified atom stereocenters. The molecule has 0 aliphatic rings. The van der Waals surface area contributed by atoms with Gasteiger partial charge in [-0.3, -0.25) is 0 Å². The van der Waals surface area contributed by atoms with Crippen LogP contribution in [0.15, 0.2) is 18.2 Å². The van der Waals surface area contributed by atoms with Gasteiger partial charge in [0, 0.05) is 10.9 Å². The van der Waals surface area contributed by atoms with Gasteiger partial charge < -0.3 is 0 Å². The van der Waals surface area contributed by atoms with E-state index in [2.05, 4.69) is 15.9 Å². The fraction of sp³-hybridized carbons (Fsp3) is 0.455. The van der Waals surface area contributed by atoms with E-state index in [4.69, 9.17) is 0 Å². The molecule has 0 nitrogen and oxygen atoms in total. The third-order valence-electron chi connectivity index (χ3n) is 2.21. The Hall–Kier alpha value is -0.440. The van der Waals surface area contributed by atoms with E-state index in [9.17, 15) is 8.78 Å². The van der Waals surface area contributed by atoms with Crippen molar-refractivity contribution < 1.29 is 8.78 Å². The summed E-state index contributed by atoms with van der Waals surface area (Å²) in [5, 5.41) is 0.851. The van der Waals surface area contributed by atoms with Crippen LogP contribution in [0.4, 0.5) is 8.78 Å². The van der Waals surface area contributed by atoms with Gasteiger partial charge in [0.1, 0.15) is 0 Å². The van der Waals surface area contributed by atoms with Crippen LogP contribution in [0, 0.1) is 6.92 Å². The zero-order valence-electron chi connectivity index (χ0n) is 8.06. The van der Waals surface area contributed by atoms with Crippen LogP contribution in [0.25, 0.3) is 0 Å². The Kier molecular flexibility index (Phi) is 4.52. The minimum atomic E-state index is -2.36. The highest BCUT2D eigenvalue weighted by atomic mass is 79.9. The number of aryl methyl sites for hydroxylation is 2. The summed E-state index contributed by atoms with van der Waals surface area (Å²) in [7, 11) is 0. The molecule has 0 aromatic heterocycles. The monoisotopic (exact) mass is 262 g/mol. The molecule has 0 saturated carbocycles. The highest BCUT2D eigenvalue weighted by Crippen LogP contribution is 2.27. The summed E-state index contributed by atoms with van der Waals surface area (Å²) in [5.74, 6) is 0. The van der Waals surface area contributed by atoms with Crippen molar-refractivity contribution >= 4 is 15.9 Å². The van der Waals surface area contributed by atoms with E-state index in [1.54, 1.807) is 19.1 Å². The van der Waals surface area contributed by atoms with E-state index in [1.165, 1.54) is 0 Å². The van der Waals surface area contributed by atoms with Crippen molar-refractivity contribution in [3.05, 3.63) is 34.9 Å². The summed E-state index contributed by atoms with van der Waals surface area (Å²) in [6, 6.07) is 5.36. The van der Waals surface area contributed by atoms with Crippen LogP contribution in [0.5, 0.6) is 0 Å². The molecular weight excluding hydrogens is 250 g/mol. The van der Waals surface area contributed by atoms with Gasteiger partial charge in [-0.1, -0.05) is 34.1 Å². The Morgan fingerprint density at radius 2 is 2.07 bits per heavy atom. The van der Waals surface area contributed by atoms with Crippen LogP contribution in [0.3, 0.4) is 0 Å². The number of benzene rings is 1. The topological polar surface area (TPSA) is 0 Å². The molecule has 1 aromatic carbocycles. The molecule has 0 spiro atoms. The van der Waals surface area contributed by atoms with Gasteiger partial charge in [0.2, 0.25) is 0 Å². The summed E-state index contributed by atoms with van der Waals surface area (Å²) < 4.78 is 25.4. The van der Waals surface area contributed by atoms with Gasteiger partial charge in [-0.05, 0) is 30.9 Å². The first-order valence-corrected chi connectivity index (χ1v) is 5.71. The minimum absolute atomic E-state index is 0.216. The molecule has 0 amide bonds. The molecule has 1 rings (SSSR count). The highest BCUT2D eigenvalue weighted by Gasteiger charge is 2.14. The maximum absolute atomic E-state index is 12.7. The molecule has 1 aromatic rings. The lowest BCUT2D eigenvalue weighted by atomic mass is 9.99. The molecular formula is C11H13BrF2. The fourth-order valence-electron chi connectivity index (χ4n) is 1.53. The molecule has 0 bridgehead atoms. The molecule has 0 N–H and O–H groups in total. The second-order valence-electron chi connectivity index (χ2n) is 3.24. The van der Waals surface area contributed by atoms with Crippen molar-refractivity contribution in [2.75, 3.05) is 5.33 Å². The van der Waals surface area contributed by atoms with E-state index >= 15 is 0 Å². The summed E-state index contributed by atoms with van der Waals surface area (Å²) in [6.45, 7) is 1.74. The quantitative estimate of drug-likeness (QED) is 0.712. The molecule has 0 aliphatic carbocycles. The molecule has 0 fully saturated rings. The normalized spacial score (nSPS) is 10.9. The second kappa shape index (κ2) is 5.44. The molecule has 3 heteroatoms. The van der Waals surface area contributed by atoms with Crippen molar-refractivity contribution in [1.29, 1.82) is 0 Å². The van der Waals surface area contributed by atoms with Crippen LogP contribution >= 0.6 is 15.9 Å². The number of hydrogen-bond donors (Lipinski definition) is 0. The lowest BCUT2D eigenvalue weighted by Gasteiger charge is -2.10. The molecule has 0 saturated heterocycles. The van der Waals surface area contributed by atoms with Crippen LogP contribution < -0.4 is 0 Å². The molecule has 0 heterocycles. The molecule has 14 heavy (non-hydrogen) atoms. The lowest BCUT2D eigenvalue weighted by Crippen LogP contribution is -1.98. The van der Waals surface area contributed by atoms with E-state index in [0.717, 1.165) is 17.3 Å². The third kappa shape index (κ3) is 2.77. The number of halogens is 3. The smallest absolute Gasteiger partial charge is 0.205 e. The Morgan fingerprint density at radius 3 is 2.64 bits per heavy atom. The van der Waals surface area contributed by atoms with Gasteiger partial charge in [0.15, 0.2) is 0 Å². The Balaban J connectivity index is 2.96. The van der Waals surface area contributed by atoms with Crippen LogP contribution in [0.2, 0.25) is 0 Å². The van der Waals surface area contributed by atoms with Gasteiger partial charge in [0.25, 0.3) is 6.43 Å². The molecule has 0 aliphatic heterocycles. The molecule has 78 valence electrons. The number of alkyl halides is 3. The second-order valence-corrected chi connectivity index (χ2v) is 4.03. The minimum Gasteiger partial charge on any atom is -0.205 e. The van der Waals surface area contributed by atoms with Crippen molar-refractivity contribution in [2.45, 2.75) is 26.2 Å². The Morgan fingerprint density at radius 1 is 1.36 bits per heavy atom. The zero-order valence-corrected chi connectivity index (χ0v) is 9.65. The average molecular weight is 263 g/mol. The largest absolute Gasteiger partial charge is 0.264 e. The predicted molar refractivity (Wildman–Crippen MR) is 58.3 cm³/mol. The van der Waals surface area contributed by atoms with Gasteiger partial charge in [-0.15, -0.1) is 0 Å². The maximum Gasteiger partial charge on any atom is 0.264 e. The zero-order chi connectivity index (χ0) is 10.6. The fourth-order valence-corrected chi connectivity index (χ4v) is 1.81. The van der Waals surface area contributed by atoms with E-state index in [1.807, 2.05) is 6.07 Å². The molecule has 0 atom stereocenters. The summed E-state index contributed by atoms with van der Waals surface area (Å²) >= 11 is 3.30. The standard InChI is InChI=1S/C11H13BrF2/c1-8-4-2-5-9(6-3-7-12)10(8)11(13)14/h2,4-5,11H,3,6-7H2,1H3. The number of hydrogen-bond acceptors (Lipinski definition) is 0. The predicted octanol–water partition coefficient (Wildman–Crippen LogP) is 4.26. The van der Waals surface area contributed by atoms with Crippen LogP contribution in [-0.4, -0.2) is 5.33 Å². The molecule has 0 radical (unpaired) electrons. The van der Waals surface area contributed by atoms with Gasteiger partial charge in [-0.25, -0.2) is 8.78 Å². The first kappa shape index (κ1) is 11.6. The van der Waals surface area contributed by atoms with E-state index in [-0.39, 0.29) is 5.56 Å². The van der Waals surface area contributed by atoms with Crippen molar-refractivity contribution in [3.8, 4) is 0 Å². The van der Waals surface area contributed by atoms with Crippen molar-refractivity contribution in [3.63, 3.8) is 0 Å². The van der Waals surface area contributed by atoms with E-state index < -0.39 is 6.43 Å². The summed E-state index contributed by atoms with van der Waals surface area (Å²) in [5.41, 5.74) is 1.68. The highest BCUT2D eigenvalue weighted by molar-refractivity contribution is 9.09. The first-order valence-electron chi connectivity index (χ1n) is 4.59. The van der Waals surface area contributed by atoms with Crippen LogP contribution in [0.1, 0.15) is 29.5 Å². The van der Waals surface area contributed by atoms with Crippen molar-refractivity contribution in [2.24, 2.45) is 0 Å². The average Bonchev–Trinajstić information content (AvgIpc) is 2.14. The Labute approximate surface area is 91.5 Å². The Bertz CT molecular complexity index is 297. The third-order valence-corrected chi connectivity index (χ3v) is 2.77. The van der Waals surface area contributed by atoms with Gasteiger partial charge >= 0.3 is 0 Å².